The topological polar surface area (TPSA) is 79.3 Å². The van der Waals surface area contributed by atoms with Crippen LogP contribution >= 0.6 is 11.6 Å². The lowest BCUT2D eigenvalue weighted by Crippen LogP contribution is -2.16. The van der Waals surface area contributed by atoms with Gasteiger partial charge in [-0.3, -0.25) is 14.3 Å². The van der Waals surface area contributed by atoms with Crippen molar-refractivity contribution in [2.24, 2.45) is 7.05 Å². The highest BCUT2D eigenvalue weighted by Gasteiger charge is 2.14. The van der Waals surface area contributed by atoms with Crippen molar-refractivity contribution in [2.45, 2.75) is 0 Å². The van der Waals surface area contributed by atoms with E-state index in [0.29, 0.717) is 33.3 Å². The van der Waals surface area contributed by atoms with Crippen molar-refractivity contribution in [2.75, 3.05) is 29.6 Å². The molecule has 4 aromatic rings. The van der Waals surface area contributed by atoms with Crippen LogP contribution in [0.3, 0.4) is 0 Å². The minimum Gasteiger partial charge on any atom is -0.378 e. The molecule has 0 saturated carbocycles. The number of hydrogen-bond acceptors (Lipinski definition) is 4. The summed E-state index contributed by atoms with van der Waals surface area (Å²) in [5.41, 5.74) is 4.10. The molecule has 2 amide bonds. The highest BCUT2D eigenvalue weighted by atomic mass is 35.5. The maximum Gasteiger partial charge on any atom is 0.257 e. The number of carbonyl (C=O) groups is 2. The Morgan fingerprint density at radius 1 is 0.882 bits per heavy atom. The minimum absolute atomic E-state index is 0.212. The molecule has 8 heteroatoms. The second-order valence-corrected chi connectivity index (χ2v) is 8.36. The van der Waals surface area contributed by atoms with Gasteiger partial charge in [-0.15, -0.1) is 0 Å². The lowest BCUT2D eigenvalue weighted by molar-refractivity contribution is 0.101. The molecule has 1 aromatic heterocycles. The Kier molecular flexibility index (Phi) is 6.65. The Morgan fingerprint density at radius 2 is 1.62 bits per heavy atom. The van der Waals surface area contributed by atoms with Crippen LogP contribution in [-0.4, -0.2) is 35.7 Å². The van der Waals surface area contributed by atoms with Crippen molar-refractivity contribution in [1.29, 1.82) is 0 Å². The summed E-state index contributed by atoms with van der Waals surface area (Å²) < 4.78 is 1.62. The first-order chi connectivity index (χ1) is 16.3. The van der Waals surface area contributed by atoms with Crippen molar-refractivity contribution >= 4 is 40.6 Å². The SMILES string of the molecule is CN(C)c1cccc(C(=O)Nc2cc(-c3ccc(NC(=O)c4ccccc4Cl)cc3)nn2C)c1. The van der Waals surface area contributed by atoms with Crippen LogP contribution < -0.4 is 15.5 Å². The molecule has 0 aliphatic carbocycles. The van der Waals surface area contributed by atoms with E-state index >= 15 is 0 Å². The quantitative estimate of drug-likeness (QED) is 0.397. The molecule has 0 spiro atoms. The smallest absolute Gasteiger partial charge is 0.257 e. The van der Waals surface area contributed by atoms with E-state index in [1.807, 2.05) is 55.4 Å². The van der Waals surface area contributed by atoms with Crippen molar-refractivity contribution < 1.29 is 9.59 Å². The molecule has 0 radical (unpaired) electrons. The third kappa shape index (κ3) is 5.10. The lowest BCUT2D eigenvalue weighted by Gasteiger charge is -2.13. The average molecular weight is 474 g/mol. The second-order valence-electron chi connectivity index (χ2n) is 7.95. The van der Waals surface area contributed by atoms with Crippen LogP contribution in [0.2, 0.25) is 5.02 Å². The summed E-state index contributed by atoms with van der Waals surface area (Å²) in [6, 6.07) is 23.4. The Morgan fingerprint density at radius 3 is 2.32 bits per heavy atom. The molecule has 34 heavy (non-hydrogen) atoms. The zero-order valence-electron chi connectivity index (χ0n) is 19.0. The molecule has 0 bridgehead atoms. The Labute approximate surface area is 203 Å². The number of nitrogens with zero attached hydrogens (tertiary/aromatic N) is 3. The Bertz CT molecular complexity index is 1350. The molecule has 1 heterocycles. The number of hydrogen-bond donors (Lipinski definition) is 2. The number of amides is 2. The van der Waals surface area contributed by atoms with Crippen molar-refractivity contribution in [3.63, 3.8) is 0 Å². The second kappa shape index (κ2) is 9.80. The van der Waals surface area contributed by atoms with Crippen LogP contribution in [0.1, 0.15) is 20.7 Å². The van der Waals surface area contributed by atoms with Gasteiger partial charge in [0.1, 0.15) is 5.82 Å². The third-order valence-electron chi connectivity index (χ3n) is 5.30. The fraction of sp³-hybridized carbons (Fsp3) is 0.115. The number of benzene rings is 3. The summed E-state index contributed by atoms with van der Waals surface area (Å²) in [6.07, 6.45) is 0. The molecule has 172 valence electrons. The predicted molar refractivity (Wildman–Crippen MR) is 137 cm³/mol. The number of aromatic nitrogens is 2. The average Bonchev–Trinajstić information content (AvgIpc) is 3.19. The molecule has 0 unspecified atom stereocenters. The highest BCUT2D eigenvalue weighted by Crippen LogP contribution is 2.25. The number of nitrogens with one attached hydrogen (secondary N) is 2. The summed E-state index contributed by atoms with van der Waals surface area (Å²) in [4.78, 5) is 27.2. The van der Waals surface area contributed by atoms with Crippen LogP contribution in [-0.2, 0) is 7.05 Å². The number of rotatable bonds is 6. The summed E-state index contributed by atoms with van der Waals surface area (Å²) in [5.74, 6) is 0.0850. The first-order valence-electron chi connectivity index (χ1n) is 10.6. The van der Waals surface area contributed by atoms with Crippen LogP contribution in [0.5, 0.6) is 0 Å². The van der Waals surface area contributed by atoms with E-state index in [9.17, 15) is 9.59 Å². The van der Waals surface area contributed by atoms with E-state index in [1.165, 1.54) is 0 Å². The molecular formula is C26H24ClN5O2. The summed E-state index contributed by atoms with van der Waals surface area (Å²) >= 11 is 6.10. The zero-order chi connectivity index (χ0) is 24.2. The van der Waals surface area contributed by atoms with E-state index in [4.69, 9.17) is 11.6 Å². The van der Waals surface area contributed by atoms with Gasteiger partial charge in [-0.05, 0) is 42.5 Å². The monoisotopic (exact) mass is 473 g/mol. The molecule has 2 N–H and O–H groups in total. The van der Waals surface area contributed by atoms with Gasteiger partial charge in [-0.1, -0.05) is 41.9 Å². The molecule has 0 aliphatic rings. The van der Waals surface area contributed by atoms with Crippen molar-refractivity contribution in [3.8, 4) is 11.3 Å². The van der Waals surface area contributed by atoms with Gasteiger partial charge in [-0.2, -0.15) is 5.10 Å². The predicted octanol–water partition coefficient (Wildman–Crippen LogP) is 5.31. The van der Waals surface area contributed by atoms with Crippen LogP contribution in [0.15, 0.2) is 78.9 Å². The fourth-order valence-electron chi connectivity index (χ4n) is 3.41. The van der Waals surface area contributed by atoms with E-state index in [-0.39, 0.29) is 11.8 Å². The maximum atomic E-state index is 12.8. The summed E-state index contributed by atoms with van der Waals surface area (Å²) in [5, 5.41) is 10.7. The fourth-order valence-corrected chi connectivity index (χ4v) is 3.63. The van der Waals surface area contributed by atoms with E-state index in [0.717, 1.165) is 11.3 Å². The lowest BCUT2D eigenvalue weighted by atomic mass is 10.1. The van der Waals surface area contributed by atoms with Crippen molar-refractivity contribution in [1.82, 2.24) is 9.78 Å². The maximum absolute atomic E-state index is 12.8. The summed E-state index contributed by atoms with van der Waals surface area (Å²) in [6.45, 7) is 0. The normalized spacial score (nSPS) is 10.6. The number of aryl methyl sites for hydroxylation is 1. The third-order valence-corrected chi connectivity index (χ3v) is 5.63. The molecular weight excluding hydrogens is 450 g/mol. The molecule has 0 saturated heterocycles. The van der Waals surface area contributed by atoms with Gasteiger partial charge in [0.2, 0.25) is 0 Å². The van der Waals surface area contributed by atoms with Crippen LogP contribution in [0, 0.1) is 0 Å². The number of carbonyl (C=O) groups excluding carboxylic acids is 2. The molecule has 3 aromatic carbocycles. The molecule has 0 fully saturated rings. The number of anilines is 3. The number of halogens is 1. The zero-order valence-corrected chi connectivity index (χ0v) is 19.8. The Balaban J connectivity index is 1.46. The van der Waals surface area contributed by atoms with E-state index in [1.54, 1.807) is 54.2 Å². The minimum atomic E-state index is -0.278. The molecule has 4 rings (SSSR count). The summed E-state index contributed by atoms with van der Waals surface area (Å²) in [7, 11) is 5.63. The standard InChI is InChI=1S/C26H24ClN5O2/c1-31(2)20-8-6-7-18(15-20)25(33)29-24-16-23(30-32(24)3)17-11-13-19(14-12-17)28-26(34)21-9-4-5-10-22(21)27/h4-16H,1-3H3,(H,28,34)(H,29,33). The largest absolute Gasteiger partial charge is 0.378 e. The van der Waals surface area contributed by atoms with Gasteiger partial charge in [-0.25, -0.2) is 0 Å². The van der Waals surface area contributed by atoms with Crippen LogP contribution in [0.25, 0.3) is 11.3 Å². The van der Waals surface area contributed by atoms with E-state index in [2.05, 4.69) is 15.7 Å². The molecule has 0 atom stereocenters. The van der Waals surface area contributed by atoms with Gasteiger partial charge in [0.05, 0.1) is 16.3 Å². The van der Waals surface area contributed by atoms with Gasteiger partial charge < -0.3 is 15.5 Å². The first-order valence-corrected chi connectivity index (χ1v) is 11.0. The molecule has 0 aliphatic heterocycles. The Hall–Kier alpha value is -4.10. The van der Waals surface area contributed by atoms with Gasteiger partial charge >= 0.3 is 0 Å². The van der Waals surface area contributed by atoms with E-state index < -0.39 is 0 Å². The molecule has 7 nitrogen and oxygen atoms in total. The highest BCUT2D eigenvalue weighted by molar-refractivity contribution is 6.34. The van der Waals surface area contributed by atoms with Gasteiger partial charge in [0.25, 0.3) is 11.8 Å². The van der Waals surface area contributed by atoms with Crippen LogP contribution in [0.4, 0.5) is 17.2 Å². The van der Waals surface area contributed by atoms with Gasteiger partial charge in [0, 0.05) is 49.7 Å². The van der Waals surface area contributed by atoms with Crippen molar-refractivity contribution in [3.05, 3.63) is 95.0 Å². The first kappa shape index (κ1) is 23.1. The van der Waals surface area contributed by atoms with Gasteiger partial charge in [0.15, 0.2) is 0 Å².